The molecule has 2 aliphatic heterocycles. The normalized spacial score (nSPS) is 45.2. The molecule has 2 heterocycles. The van der Waals surface area contributed by atoms with Crippen LogP contribution in [-0.2, 0) is 14.2 Å². The number of nitrogens with zero attached hydrogens (tertiary/aromatic N) is 1. The van der Waals surface area contributed by atoms with Gasteiger partial charge in [-0.3, -0.25) is 4.79 Å². The Kier molecular flexibility index (Phi) is 7.80. The van der Waals surface area contributed by atoms with Gasteiger partial charge in [0.2, 0.25) is 0 Å². The molecule has 7 nitrogen and oxygen atoms in total. The number of hydrogen-bond acceptors (Lipinski definition) is 6. The summed E-state index contributed by atoms with van der Waals surface area (Å²) in [4.78, 5) is 14.8. The summed E-state index contributed by atoms with van der Waals surface area (Å²) in [5, 5.41) is 21.4. The van der Waals surface area contributed by atoms with E-state index >= 15 is 0 Å². The van der Waals surface area contributed by atoms with Crippen LogP contribution in [0.3, 0.4) is 0 Å². The van der Waals surface area contributed by atoms with Gasteiger partial charge in [-0.15, -0.1) is 0 Å². The van der Waals surface area contributed by atoms with Crippen LogP contribution in [0, 0.1) is 57.0 Å². The second kappa shape index (κ2) is 11.2. The monoisotopic (exact) mass is 671 g/mol. The largest absolute Gasteiger partial charge is 0.388 e. The first-order valence-electron chi connectivity index (χ1n) is 18.7. The van der Waals surface area contributed by atoms with E-state index in [9.17, 15) is 23.8 Å². The van der Waals surface area contributed by atoms with Crippen molar-refractivity contribution >= 4 is 5.91 Å². The lowest BCUT2D eigenvalue weighted by atomic mass is 9.46. The van der Waals surface area contributed by atoms with Crippen LogP contribution in [-0.4, -0.2) is 77.0 Å². The van der Waals surface area contributed by atoms with E-state index in [1.54, 1.807) is 18.7 Å². The van der Waals surface area contributed by atoms with E-state index in [1.165, 1.54) is 32.1 Å². The van der Waals surface area contributed by atoms with E-state index < -0.39 is 35.5 Å². The summed E-state index contributed by atoms with van der Waals surface area (Å²) in [6.45, 7) is 11.6. The highest BCUT2D eigenvalue weighted by Crippen LogP contribution is 2.87. The van der Waals surface area contributed by atoms with Crippen LogP contribution in [0.15, 0.2) is 18.2 Å². The van der Waals surface area contributed by atoms with Crippen LogP contribution >= 0.6 is 0 Å². The van der Waals surface area contributed by atoms with E-state index in [1.807, 2.05) is 0 Å². The Morgan fingerprint density at radius 2 is 1.71 bits per heavy atom. The van der Waals surface area contributed by atoms with Crippen LogP contribution in [0.4, 0.5) is 8.78 Å². The zero-order chi connectivity index (χ0) is 34.0. The van der Waals surface area contributed by atoms with Gasteiger partial charge in [0, 0.05) is 18.2 Å². The van der Waals surface area contributed by atoms with Crippen LogP contribution in [0.25, 0.3) is 0 Å². The molecule has 266 valence electrons. The van der Waals surface area contributed by atoms with Crippen molar-refractivity contribution in [1.82, 2.24) is 4.90 Å². The Hall–Kier alpha value is -1.65. The zero-order valence-electron chi connectivity index (χ0n) is 29.4. The summed E-state index contributed by atoms with van der Waals surface area (Å²) in [7, 11) is 0. The fourth-order valence-corrected chi connectivity index (χ4v) is 13.1. The van der Waals surface area contributed by atoms with E-state index in [-0.39, 0.29) is 41.3 Å². The maximum absolute atomic E-state index is 13.8. The summed E-state index contributed by atoms with van der Waals surface area (Å²) in [6, 6.07) is 2.95. The SMILES string of the molecule is CC12CC[C@@]34C[C@@]35CC[C@H](OC3CN(C(=O)c6cc(F)cc(F)c6)CCO3)C(C)(C)C5CCC4C1CC1OC([C@H](O)C(C)(C)O)CCC12. The highest BCUT2D eigenvalue weighted by molar-refractivity contribution is 5.94. The molecule has 2 saturated heterocycles. The number of benzene rings is 1. The Morgan fingerprint density at radius 3 is 2.44 bits per heavy atom. The molecule has 8 unspecified atom stereocenters. The highest BCUT2D eigenvalue weighted by atomic mass is 19.1. The predicted octanol–water partition coefficient (Wildman–Crippen LogP) is 6.49. The maximum atomic E-state index is 13.8. The molecule has 7 fully saturated rings. The number of carbonyl (C=O) groups is 1. The number of hydrogen-bond donors (Lipinski definition) is 2. The minimum absolute atomic E-state index is 0.00438. The molecule has 1 amide bonds. The quantitative estimate of drug-likeness (QED) is 0.373. The maximum Gasteiger partial charge on any atom is 0.254 e. The van der Waals surface area contributed by atoms with Crippen LogP contribution in [0.5, 0.6) is 0 Å². The minimum Gasteiger partial charge on any atom is -0.388 e. The van der Waals surface area contributed by atoms with Crippen molar-refractivity contribution in [2.24, 2.45) is 45.3 Å². The topological polar surface area (TPSA) is 88.5 Å². The molecule has 2 N–H and O–H groups in total. The molecule has 8 rings (SSSR count). The smallest absolute Gasteiger partial charge is 0.254 e. The van der Waals surface area contributed by atoms with E-state index in [2.05, 4.69) is 20.8 Å². The van der Waals surface area contributed by atoms with Gasteiger partial charge in [-0.05, 0) is 136 Å². The van der Waals surface area contributed by atoms with Crippen molar-refractivity contribution in [2.75, 3.05) is 19.7 Å². The second-order valence-corrected chi connectivity index (χ2v) is 18.3. The third-order valence-electron chi connectivity index (χ3n) is 15.4. The number of morpholine rings is 1. The molecule has 1 aromatic rings. The number of aliphatic hydroxyl groups is 2. The number of ether oxygens (including phenoxy) is 3. The Labute approximate surface area is 284 Å². The Balaban J connectivity index is 0.949. The summed E-state index contributed by atoms with van der Waals surface area (Å²) >= 11 is 0. The highest BCUT2D eigenvalue weighted by Gasteiger charge is 2.80. The lowest BCUT2D eigenvalue weighted by Gasteiger charge is -2.60. The van der Waals surface area contributed by atoms with Gasteiger partial charge in [0.1, 0.15) is 17.7 Å². The first-order chi connectivity index (χ1) is 22.6. The van der Waals surface area contributed by atoms with Crippen molar-refractivity contribution in [1.29, 1.82) is 0 Å². The van der Waals surface area contributed by atoms with Crippen LogP contribution in [0.2, 0.25) is 0 Å². The third kappa shape index (κ3) is 4.91. The van der Waals surface area contributed by atoms with Crippen molar-refractivity contribution in [3.63, 3.8) is 0 Å². The van der Waals surface area contributed by atoms with Crippen LogP contribution < -0.4 is 0 Å². The molecule has 5 saturated carbocycles. The molecule has 9 heteroatoms. The molecule has 0 bridgehead atoms. The van der Waals surface area contributed by atoms with Gasteiger partial charge in [-0.1, -0.05) is 20.8 Å². The molecule has 1 aromatic carbocycles. The molecular weight excluding hydrogens is 616 g/mol. The zero-order valence-corrected chi connectivity index (χ0v) is 29.4. The summed E-state index contributed by atoms with van der Waals surface area (Å²) in [5.74, 6) is 0.511. The Bertz CT molecular complexity index is 1430. The first-order valence-corrected chi connectivity index (χ1v) is 18.7. The predicted molar refractivity (Wildman–Crippen MR) is 175 cm³/mol. The molecule has 7 aliphatic rings. The number of fused-ring (bicyclic) bond motifs is 4. The van der Waals surface area contributed by atoms with E-state index in [4.69, 9.17) is 14.2 Å². The average molecular weight is 672 g/mol. The van der Waals surface area contributed by atoms with Gasteiger partial charge in [-0.25, -0.2) is 8.78 Å². The first kappa shape index (κ1) is 33.5. The third-order valence-corrected chi connectivity index (χ3v) is 15.4. The molecule has 0 aromatic heterocycles. The fraction of sp³-hybridized carbons (Fsp3) is 0.821. The molecule has 2 spiro atoms. The lowest BCUT2D eigenvalue weighted by molar-refractivity contribution is -0.241. The van der Waals surface area contributed by atoms with Crippen LogP contribution in [0.1, 0.15) is 109 Å². The number of amides is 1. The number of rotatable bonds is 5. The van der Waals surface area contributed by atoms with Crippen molar-refractivity contribution in [2.45, 2.75) is 135 Å². The second-order valence-electron chi connectivity index (χ2n) is 18.3. The van der Waals surface area contributed by atoms with E-state index in [0.717, 1.165) is 50.3 Å². The number of aliphatic hydroxyl groups excluding tert-OH is 1. The summed E-state index contributed by atoms with van der Waals surface area (Å²) in [6.07, 6.45) is 9.82. The number of halogens is 2. The molecule has 48 heavy (non-hydrogen) atoms. The van der Waals surface area contributed by atoms with Gasteiger partial charge in [0.15, 0.2) is 6.29 Å². The van der Waals surface area contributed by atoms with Crippen molar-refractivity contribution < 1.29 is 38.0 Å². The van der Waals surface area contributed by atoms with Gasteiger partial charge < -0.3 is 29.3 Å². The Morgan fingerprint density at radius 1 is 0.979 bits per heavy atom. The standard InChI is InChI=1S/C39H55F2NO6/c1-35(2)30-9-7-25-27-19-29-26(6-8-28(47-29)33(43)36(3,4)45)37(27,5)12-13-38(25)21-39(30,38)11-10-31(35)48-32-20-42(14-15-46-32)34(44)22-16-23(40)18-24(41)17-22/h16-18,25-33,43,45H,6-15,19-21H2,1-5H3/t25?,26?,27?,28?,29?,30?,31-,32?,33-,37?,38-,39+/m0/s1. The van der Waals surface area contributed by atoms with E-state index in [0.29, 0.717) is 47.7 Å². The van der Waals surface area contributed by atoms with Crippen molar-refractivity contribution in [3.05, 3.63) is 35.4 Å². The van der Waals surface area contributed by atoms with Gasteiger partial charge in [0.25, 0.3) is 5.91 Å². The minimum atomic E-state index is -1.17. The van der Waals surface area contributed by atoms with Gasteiger partial charge >= 0.3 is 0 Å². The summed E-state index contributed by atoms with van der Waals surface area (Å²) < 4.78 is 47.1. The molecular formula is C39H55F2NO6. The number of carbonyl (C=O) groups excluding carboxylic acids is 1. The van der Waals surface area contributed by atoms with Gasteiger partial charge in [-0.2, -0.15) is 0 Å². The van der Waals surface area contributed by atoms with Crippen molar-refractivity contribution in [3.8, 4) is 0 Å². The molecule has 0 radical (unpaired) electrons. The van der Waals surface area contributed by atoms with Gasteiger partial charge in [0.05, 0.1) is 37.1 Å². The summed E-state index contributed by atoms with van der Waals surface area (Å²) in [5.41, 5.74) is -0.196. The molecule has 12 atom stereocenters. The molecule has 5 aliphatic carbocycles. The fourth-order valence-electron chi connectivity index (χ4n) is 13.1. The average Bonchev–Trinajstić information content (AvgIpc) is 3.60. The lowest BCUT2D eigenvalue weighted by Crippen LogP contribution is -2.56.